The molecule has 0 aliphatic carbocycles. The van der Waals surface area contributed by atoms with E-state index in [2.05, 4.69) is 17.1 Å². The molecule has 2 nitrogen and oxygen atoms in total. The fourth-order valence-electron chi connectivity index (χ4n) is 2.26. The van der Waals surface area contributed by atoms with Crippen molar-refractivity contribution < 1.29 is 4.39 Å². The van der Waals surface area contributed by atoms with E-state index < -0.39 is 0 Å². The molecule has 0 radical (unpaired) electrons. The smallest absolute Gasteiger partial charge is 0.132 e. The van der Waals surface area contributed by atoms with Crippen molar-refractivity contribution in [3.63, 3.8) is 0 Å². The van der Waals surface area contributed by atoms with E-state index in [1.807, 2.05) is 37.3 Å². The minimum atomic E-state index is -0.242. The van der Waals surface area contributed by atoms with Gasteiger partial charge in [0.15, 0.2) is 0 Å². The molecule has 2 aromatic rings. The molecule has 3 heteroatoms. The van der Waals surface area contributed by atoms with Gasteiger partial charge in [0.25, 0.3) is 0 Å². The molecule has 120 valence electrons. The van der Waals surface area contributed by atoms with Gasteiger partial charge in [-0.2, -0.15) is 10.2 Å². The van der Waals surface area contributed by atoms with E-state index in [0.717, 1.165) is 24.0 Å². The van der Waals surface area contributed by atoms with E-state index in [4.69, 9.17) is 0 Å². The highest BCUT2D eigenvalue weighted by atomic mass is 19.1. The Morgan fingerprint density at radius 2 is 1.70 bits per heavy atom. The number of nitrogens with zero attached hydrogens (tertiary/aromatic N) is 2. The molecule has 0 saturated carbocycles. The fourth-order valence-corrected chi connectivity index (χ4v) is 2.26. The zero-order valence-corrected chi connectivity index (χ0v) is 13.8. The van der Waals surface area contributed by atoms with Crippen molar-refractivity contribution in [3.05, 3.63) is 70.5 Å². The first-order valence-corrected chi connectivity index (χ1v) is 8.10. The second-order valence-electron chi connectivity index (χ2n) is 5.71. The zero-order valence-electron chi connectivity index (χ0n) is 13.8. The molecule has 23 heavy (non-hydrogen) atoms. The van der Waals surface area contributed by atoms with Gasteiger partial charge < -0.3 is 0 Å². The van der Waals surface area contributed by atoms with Crippen LogP contribution in [0.4, 0.5) is 4.39 Å². The first-order chi connectivity index (χ1) is 11.2. The summed E-state index contributed by atoms with van der Waals surface area (Å²) in [5, 5.41) is 7.90. The van der Waals surface area contributed by atoms with Gasteiger partial charge in [-0.1, -0.05) is 61.7 Å². The third-order valence-electron chi connectivity index (χ3n) is 3.68. The van der Waals surface area contributed by atoms with Gasteiger partial charge in [-0.15, -0.1) is 0 Å². The van der Waals surface area contributed by atoms with Gasteiger partial charge in [0.2, 0.25) is 0 Å². The van der Waals surface area contributed by atoms with Crippen molar-refractivity contribution in [3.8, 4) is 0 Å². The van der Waals surface area contributed by atoms with Crippen LogP contribution in [0.3, 0.4) is 0 Å². The second kappa shape index (κ2) is 8.99. The Labute approximate surface area is 137 Å². The lowest BCUT2D eigenvalue weighted by atomic mass is 10.1. The monoisotopic (exact) mass is 310 g/mol. The van der Waals surface area contributed by atoms with E-state index >= 15 is 0 Å². The van der Waals surface area contributed by atoms with E-state index in [-0.39, 0.29) is 5.82 Å². The second-order valence-corrected chi connectivity index (χ2v) is 5.71. The quantitative estimate of drug-likeness (QED) is 0.376. The van der Waals surface area contributed by atoms with Crippen molar-refractivity contribution in [2.75, 3.05) is 0 Å². The van der Waals surface area contributed by atoms with E-state index in [9.17, 15) is 4.39 Å². The molecular weight excluding hydrogens is 287 g/mol. The van der Waals surface area contributed by atoms with Crippen molar-refractivity contribution in [1.29, 1.82) is 0 Å². The lowest BCUT2D eigenvalue weighted by molar-refractivity contribution is 0.621. The van der Waals surface area contributed by atoms with Crippen LogP contribution >= 0.6 is 0 Å². The molecule has 0 unspecified atom stereocenters. The maximum atomic E-state index is 14.0. The Bertz CT molecular complexity index is 673. The number of benzene rings is 2. The molecule has 0 N–H and O–H groups in total. The lowest BCUT2D eigenvalue weighted by Crippen LogP contribution is -1.92. The largest absolute Gasteiger partial charge is 0.206 e. The van der Waals surface area contributed by atoms with Crippen LogP contribution in [-0.4, -0.2) is 12.4 Å². The highest BCUT2D eigenvalue weighted by Gasteiger charge is 2.01. The fraction of sp³-hybridized carbons (Fsp3) is 0.300. The first kappa shape index (κ1) is 17.1. The Hall–Kier alpha value is -2.29. The topological polar surface area (TPSA) is 24.7 Å². The van der Waals surface area contributed by atoms with Gasteiger partial charge in [0, 0.05) is 5.56 Å². The highest BCUT2D eigenvalue weighted by Crippen LogP contribution is 2.12. The Morgan fingerprint density at radius 1 is 0.957 bits per heavy atom. The normalized spacial score (nSPS) is 11.6. The van der Waals surface area contributed by atoms with Crippen LogP contribution in [-0.2, 0) is 6.42 Å². The maximum absolute atomic E-state index is 14.0. The predicted octanol–water partition coefficient (Wildman–Crippen LogP) is 5.32. The molecule has 0 aromatic heterocycles. The van der Waals surface area contributed by atoms with Crippen LogP contribution < -0.4 is 0 Å². The summed E-state index contributed by atoms with van der Waals surface area (Å²) in [7, 11) is 0. The lowest BCUT2D eigenvalue weighted by Gasteiger charge is -2.02. The van der Waals surface area contributed by atoms with Crippen LogP contribution in [0.25, 0.3) is 0 Å². The average Bonchev–Trinajstić information content (AvgIpc) is 2.55. The summed E-state index contributed by atoms with van der Waals surface area (Å²) in [5.41, 5.74) is 3.67. The molecule has 0 fully saturated rings. The molecule has 0 spiro atoms. The average molecular weight is 310 g/mol. The van der Waals surface area contributed by atoms with Crippen LogP contribution in [0.15, 0.2) is 52.7 Å². The molecule has 0 amide bonds. The van der Waals surface area contributed by atoms with Crippen LogP contribution in [0, 0.1) is 12.7 Å². The first-order valence-electron chi connectivity index (χ1n) is 8.10. The molecular formula is C20H23FN2. The highest BCUT2D eigenvalue weighted by molar-refractivity contribution is 5.82. The van der Waals surface area contributed by atoms with Crippen LogP contribution in [0.2, 0.25) is 0 Å². The summed E-state index contributed by atoms with van der Waals surface area (Å²) in [5.74, 6) is -0.242. The number of hydrogen-bond donors (Lipinski definition) is 0. The summed E-state index contributed by atoms with van der Waals surface area (Å²) in [6, 6.07) is 13.3. The molecule has 2 rings (SSSR count). The summed E-state index contributed by atoms with van der Waals surface area (Å²) >= 11 is 0. The number of unbranched alkanes of at least 4 members (excludes halogenated alkanes) is 2. The van der Waals surface area contributed by atoms with Crippen molar-refractivity contribution in [2.45, 2.75) is 39.5 Å². The van der Waals surface area contributed by atoms with Crippen molar-refractivity contribution in [1.82, 2.24) is 0 Å². The minimum Gasteiger partial charge on any atom is -0.206 e. The molecule has 2 aromatic carbocycles. The third kappa shape index (κ3) is 5.78. The standard InChI is InChI=1S/C20H23FN2/c1-3-4-5-6-17-11-12-19(20(21)13-17)15-23-22-14-18-9-7-16(2)8-10-18/h7-15H,3-6H2,1-2H3. The minimum absolute atomic E-state index is 0.242. The Kier molecular flexibility index (Phi) is 6.67. The molecule has 0 atom stereocenters. The third-order valence-corrected chi connectivity index (χ3v) is 3.68. The molecule has 0 saturated heterocycles. The number of rotatable bonds is 7. The Morgan fingerprint density at radius 3 is 2.39 bits per heavy atom. The van der Waals surface area contributed by atoms with E-state index in [0.29, 0.717) is 5.56 Å². The van der Waals surface area contributed by atoms with Gasteiger partial charge in [-0.3, -0.25) is 0 Å². The number of hydrogen-bond acceptors (Lipinski definition) is 2. The number of aryl methyl sites for hydroxylation is 2. The van der Waals surface area contributed by atoms with Crippen LogP contribution in [0.1, 0.15) is 48.4 Å². The SMILES string of the molecule is CCCCCc1ccc(C=NN=Cc2ccc(C)cc2)c(F)c1. The summed E-state index contributed by atoms with van der Waals surface area (Å²) < 4.78 is 14.0. The zero-order chi connectivity index (χ0) is 16.5. The summed E-state index contributed by atoms with van der Waals surface area (Å²) in [4.78, 5) is 0. The molecule has 0 aliphatic rings. The van der Waals surface area contributed by atoms with E-state index in [1.54, 1.807) is 18.3 Å². The number of halogens is 1. The van der Waals surface area contributed by atoms with Gasteiger partial charge in [-0.25, -0.2) is 4.39 Å². The predicted molar refractivity (Wildman–Crippen MR) is 96.0 cm³/mol. The van der Waals surface area contributed by atoms with Gasteiger partial charge in [0.05, 0.1) is 12.4 Å². The maximum Gasteiger partial charge on any atom is 0.132 e. The van der Waals surface area contributed by atoms with Gasteiger partial charge >= 0.3 is 0 Å². The van der Waals surface area contributed by atoms with Gasteiger partial charge in [-0.05, 0) is 37.0 Å². The van der Waals surface area contributed by atoms with Crippen LogP contribution in [0.5, 0.6) is 0 Å². The Balaban J connectivity index is 1.95. The summed E-state index contributed by atoms with van der Waals surface area (Å²) in [6.07, 6.45) is 7.49. The summed E-state index contributed by atoms with van der Waals surface area (Å²) in [6.45, 7) is 4.20. The molecule has 0 bridgehead atoms. The van der Waals surface area contributed by atoms with E-state index in [1.165, 1.54) is 24.6 Å². The molecule has 0 aliphatic heterocycles. The van der Waals surface area contributed by atoms with Crippen molar-refractivity contribution >= 4 is 12.4 Å². The van der Waals surface area contributed by atoms with Gasteiger partial charge in [0.1, 0.15) is 5.82 Å². The van der Waals surface area contributed by atoms with Crippen molar-refractivity contribution in [2.24, 2.45) is 10.2 Å². The molecule has 0 heterocycles.